The van der Waals surface area contributed by atoms with Crippen LogP contribution in [0.5, 0.6) is 0 Å². The summed E-state index contributed by atoms with van der Waals surface area (Å²) in [6.45, 7) is 6.91. The molecule has 3 rings (SSSR count). The van der Waals surface area contributed by atoms with Gasteiger partial charge in [0, 0.05) is 6.42 Å². The van der Waals surface area contributed by atoms with Gasteiger partial charge in [0.25, 0.3) is 0 Å². The maximum Gasteiger partial charge on any atom is 0.223 e. The normalized spacial score (nSPS) is 29.5. The highest BCUT2D eigenvalue weighted by Gasteiger charge is 2.37. The molecule has 2 fully saturated rings. The van der Waals surface area contributed by atoms with Gasteiger partial charge in [-0.2, -0.15) is 0 Å². The topological polar surface area (TPSA) is 41.6 Å². The SMILES string of the molecule is C[C@@H]1CO[C@@H](c2ccccc2)[C@H](C)N1C(=O)CC1CCNCC1. The largest absolute Gasteiger partial charge is 0.369 e. The average Bonchev–Trinajstić information content (AvgIpc) is 2.57. The first-order valence-electron chi connectivity index (χ1n) is 8.85. The van der Waals surface area contributed by atoms with E-state index in [4.69, 9.17) is 4.74 Å². The number of benzene rings is 1. The lowest BCUT2D eigenvalue weighted by molar-refractivity contribution is -0.154. The number of nitrogens with zero attached hydrogens (tertiary/aromatic N) is 1. The molecule has 2 aliphatic heterocycles. The van der Waals surface area contributed by atoms with E-state index in [0.29, 0.717) is 24.9 Å². The van der Waals surface area contributed by atoms with Crippen LogP contribution >= 0.6 is 0 Å². The van der Waals surface area contributed by atoms with Gasteiger partial charge in [-0.25, -0.2) is 0 Å². The van der Waals surface area contributed by atoms with Gasteiger partial charge in [0.15, 0.2) is 0 Å². The van der Waals surface area contributed by atoms with Crippen molar-refractivity contribution in [3.63, 3.8) is 0 Å². The molecule has 3 atom stereocenters. The van der Waals surface area contributed by atoms with Crippen LogP contribution in [0.2, 0.25) is 0 Å². The predicted octanol–water partition coefficient (Wildman–Crippen LogP) is 2.75. The fourth-order valence-corrected chi connectivity index (χ4v) is 3.94. The van der Waals surface area contributed by atoms with Gasteiger partial charge in [-0.15, -0.1) is 0 Å². The predicted molar refractivity (Wildman–Crippen MR) is 91.1 cm³/mol. The summed E-state index contributed by atoms with van der Waals surface area (Å²) in [6, 6.07) is 10.5. The lowest BCUT2D eigenvalue weighted by atomic mass is 9.92. The summed E-state index contributed by atoms with van der Waals surface area (Å²) in [4.78, 5) is 15.0. The fraction of sp³-hybridized carbons (Fsp3) is 0.632. The van der Waals surface area contributed by atoms with E-state index in [9.17, 15) is 4.79 Å². The highest BCUT2D eigenvalue weighted by molar-refractivity contribution is 5.77. The third kappa shape index (κ3) is 3.75. The second kappa shape index (κ2) is 7.45. The minimum atomic E-state index is -0.0237. The Morgan fingerprint density at radius 3 is 2.61 bits per heavy atom. The molecule has 1 amide bonds. The second-order valence-electron chi connectivity index (χ2n) is 6.95. The van der Waals surface area contributed by atoms with Crippen molar-refractivity contribution in [2.75, 3.05) is 19.7 Å². The first-order valence-corrected chi connectivity index (χ1v) is 8.85. The second-order valence-corrected chi connectivity index (χ2v) is 6.95. The van der Waals surface area contributed by atoms with E-state index >= 15 is 0 Å². The standard InChI is InChI=1S/C19H28N2O2/c1-14-13-23-19(17-6-4-3-5-7-17)15(2)21(14)18(22)12-16-8-10-20-11-9-16/h3-7,14-16,19-20H,8-13H2,1-2H3/t14-,15+,19-/m1/s1. The highest BCUT2D eigenvalue weighted by Crippen LogP contribution is 2.32. The van der Waals surface area contributed by atoms with Crippen molar-refractivity contribution in [2.45, 2.75) is 51.3 Å². The number of carbonyl (C=O) groups is 1. The van der Waals surface area contributed by atoms with Crippen LogP contribution in [-0.2, 0) is 9.53 Å². The number of piperidine rings is 1. The van der Waals surface area contributed by atoms with E-state index in [1.165, 1.54) is 0 Å². The van der Waals surface area contributed by atoms with Crippen molar-refractivity contribution in [2.24, 2.45) is 5.92 Å². The number of nitrogens with one attached hydrogen (secondary N) is 1. The zero-order chi connectivity index (χ0) is 16.2. The zero-order valence-electron chi connectivity index (χ0n) is 14.2. The van der Waals surface area contributed by atoms with E-state index < -0.39 is 0 Å². The van der Waals surface area contributed by atoms with Gasteiger partial charge in [-0.1, -0.05) is 30.3 Å². The monoisotopic (exact) mass is 316 g/mol. The Morgan fingerprint density at radius 2 is 1.91 bits per heavy atom. The molecule has 2 aliphatic rings. The fourth-order valence-electron chi connectivity index (χ4n) is 3.94. The molecule has 1 aromatic carbocycles. The molecular weight excluding hydrogens is 288 g/mol. The molecule has 1 aromatic rings. The Morgan fingerprint density at radius 1 is 1.22 bits per heavy atom. The number of hydrogen-bond donors (Lipinski definition) is 1. The molecule has 23 heavy (non-hydrogen) atoms. The van der Waals surface area contributed by atoms with Crippen molar-refractivity contribution in [1.29, 1.82) is 0 Å². The summed E-state index contributed by atoms with van der Waals surface area (Å²) in [5.41, 5.74) is 1.16. The Balaban J connectivity index is 1.70. The van der Waals surface area contributed by atoms with Crippen LogP contribution in [0.4, 0.5) is 0 Å². The van der Waals surface area contributed by atoms with Crippen LogP contribution in [0.1, 0.15) is 44.8 Å². The lowest BCUT2D eigenvalue weighted by Gasteiger charge is -2.44. The van der Waals surface area contributed by atoms with Gasteiger partial charge in [-0.05, 0) is 51.3 Å². The Labute approximate surface area is 139 Å². The number of carbonyl (C=O) groups excluding carboxylic acids is 1. The van der Waals surface area contributed by atoms with Gasteiger partial charge in [0.05, 0.1) is 18.7 Å². The molecule has 0 aliphatic carbocycles. The van der Waals surface area contributed by atoms with Crippen LogP contribution < -0.4 is 5.32 Å². The van der Waals surface area contributed by atoms with Gasteiger partial charge in [0.2, 0.25) is 5.91 Å². The molecule has 4 heteroatoms. The van der Waals surface area contributed by atoms with Gasteiger partial charge in [-0.3, -0.25) is 4.79 Å². The Bertz CT molecular complexity index is 513. The zero-order valence-corrected chi connectivity index (χ0v) is 14.2. The van der Waals surface area contributed by atoms with E-state index in [-0.39, 0.29) is 18.2 Å². The molecule has 126 valence electrons. The molecular formula is C19H28N2O2. The van der Waals surface area contributed by atoms with Gasteiger partial charge in [0.1, 0.15) is 6.10 Å². The molecule has 0 unspecified atom stereocenters. The molecule has 1 N–H and O–H groups in total. The Kier molecular flexibility index (Phi) is 5.34. The maximum absolute atomic E-state index is 12.9. The number of rotatable bonds is 3. The summed E-state index contributed by atoms with van der Waals surface area (Å²) < 4.78 is 6.06. The quantitative estimate of drug-likeness (QED) is 0.932. The maximum atomic E-state index is 12.9. The van der Waals surface area contributed by atoms with Crippen molar-refractivity contribution in [1.82, 2.24) is 10.2 Å². The van der Waals surface area contributed by atoms with Crippen LogP contribution in [0.25, 0.3) is 0 Å². The smallest absolute Gasteiger partial charge is 0.223 e. The number of amides is 1. The minimum Gasteiger partial charge on any atom is -0.369 e. The van der Waals surface area contributed by atoms with E-state index in [1.807, 2.05) is 18.2 Å². The lowest BCUT2D eigenvalue weighted by Crippen LogP contribution is -2.54. The highest BCUT2D eigenvalue weighted by atomic mass is 16.5. The van der Waals surface area contributed by atoms with Crippen molar-refractivity contribution >= 4 is 5.91 Å². The van der Waals surface area contributed by atoms with Crippen LogP contribution in [0.15, 0.2) is 30.3 Å². The molecule has 0 saturated carbocycles. The first-order chi connectivity index (χ1) is 11.2. The summed E-state index contributed by atoms with van der Waals surface area (Å²) in [6.07, 6.45) is 2.88. The summed E-state index contributed by atoms with van der Waals surface area (Å²) in [7, 11) is 0. The molecule has 2 saturated heterocycles. The molecule has 0 spiro atoms. The van der Waals surface area contributed by atoms with E-state index in [1.54, 1.807) is 0 Å². The van der Waals surface area contributed by atoms with Gasteiger partial charge >= 0.3 is 0 Å². The van der Waals surface area contributed by atoms with Crippen LogP contribution in [-0.4, -0.2) is 42.6 Å². The Hall–Kier alpha value is -1.39. The third-order valence-electron chi connectivity index (χ3n) is 5.21. The summed E-state index contributed by atoms with van der Waals surface area (Å²) in [5.74, 6) is 0.822. The van der Waals surface area contributed by atoms with Crippen molar-refractivity contribution in [3.8, 4) is 0 Å². The molecule has 0 radical (unpaired) electrons. The first kappa shape index (κ1) is 16.5. The van der Waals surface area contributed by atoms with Crippen LogP contribution in [0.3, 0.4) is 0 Å². The van der Waals surface area contributed by atoms with E-state index in [0.717, 1.165) is 31.5 Å². The molecule has 2 heterocycles. The van der Waals surface area contributed by atoms with E-state index in [2.05, 4.69) is 36.2 Å². The summed E-state index contributed by atoms with van der Waals surface area (Å²) in [5, 5.41) is 3.37. The molecule has 0 aromatic heterocycles. The van der Waals surface area contributed by atoms with Crippen molar-refractivity contribution < 1.29 is 9.53 Å². The summed E-state index contributed by atoms with van der Waals surface area (Å²) >= 11 is 0. The molecule has 0 bridgehead atoms. The van der Waals surface area contributed by atoms with Crippen LogP contribution in [0, 0.1) is 5.92 Å². The van der Waals surface area contributed by atoms with Gasteiger partial charge < -0.3 is 15.0 Å². The number of ether oxygens (including phenoxy) is 1. The number of morpholine rings is 1. The molecule has 4 nitrogen and oxygen atoms in total. The van der Waals surface area contributed by atoms with Crippen molar-refractivity contribution in [3.05, 3.63) is 35.9 Å². The minimum absolute atomic E-state index is 0.0237. The number of hydrogen-bond acceptors (Lipinski definition) is 3. The average molecular weight is 316 g/mol. The third-order valence-corrected chi connectivity index (χ3v) is 5.21.